The van der Waals surface area contributed by atoms with Gasteiger partial charge in [-0.2, -0.15) is 9.97 Å². The van der Waals surface area contributed by atoms with Crippen LogP contribution in [0, 0.1) is 0 Å². The summed E-state index contributed by atoms with van der Waals surface area (Å²) in [4.78, 5) is 29.1. The number of hydrogen-bond acceptors (Lipinski definition) is 9. The van der Waals surface area contributed by atoms with Crippen molar-refractivity contribution >= 4 is 0 Å². The zero-order valence-corrected chi connectivity index (χ0v) is 15.4. The van der Waals surface area contributed by atoms with Crippen molar-refractivity contribution in [3.63, 3.8) is 0 Å². The van der Waals surface area contributed by atoms with Crippen LogP contribution in [0.3, 0.4) is 0 Å². The van der Waals surface area contributed by atoms with Crippen LogP contribution in [-0.2, 0) is 6.54 Å². The predicted molar refractivity (Wildman–Crippen MR) is 104 cm³/mol. The van der Waals surface area contributed by atoms with Gasteiger partial charge in [0.15, 0.2) is 5.82 Å². The number of benzene rings is 1. The molecule has 0 spiro atoms. The highest BCUT2D eigenvalue weighted by Crippen LogP contribution is 2.20. The minimum atomic E-state index is -0.224. The van der Waals surface area contributed by atoms with E-state index in [4.69, 9.17) is 9.05 Å². The third kappa shape index (κ3) is 3.49. The van der Waals surface area contributed by atoms with Gasteiger partial charge in [-0.15, -0.1) is 0 Å². The number of nitrogens with zero attached hydrogens (tertiary/aromatic N) is 7. The van der Waals surface area contributed by atoms with Crippen molar-refractivity contribution in [2.45, 2.75) is 6.54 Å². The van der Waals surface area contributed by atoms with E-state index in [9.17, 15) is 4.79 Å². The third-order valence-electron chi connectivity index (χ3n) is 4.25. The molecule has 10 heteroatoms. The van der Waals surface area contributed by atoms with Crippen LogP contribution in [0.2, 0.25) is 0 Å². The van der Waals surface area contributed by atoms with Gasteiger partial charge in [-0.25, -0.2) is 4.98 Å². The van der Waals surface area contributed by atoms with Gasteiger partial charge in [-0.1, -0.05) is 28.5 Å². The van der Waals surface area contributed by atoms with Gasteiger partial charge in [-0.05, 0) is 18.2 Å². The molecule has 0 saturated heterocycles. The van der Waals surface area contributed by atoms with Gasteiger partial charge in [-0.3, -0.25) is 9.78 Å². The van der Waals surface area contributed by atoms with Crippen LogP contribution in [0.5, 0.6) is 0 Å². The first kappa shape index (κ1) is 17.6. The quantitative estimate of drug-likeness (QED) is 0.438. The molecule has 4 aromatic heterocycles. The Bertz CT molecular complexity index is 1340. The summed E-state index contributed by atoms with van der Waals surface area (Å²) >= 11 is 0. The molecule has 0 unspecified atom stereocenters. The summed E-state index contributed by atoms with van der Waals surface area (Å²) in [5.74, 6) is 1.32. The molecule has 30 heavy (non-hydrogen) atoms. The molecule has 0 saturated carbocycles. The average Bonchev–Trinajstić information content (AvgIpc) is 3.47. The van der Waals surface area contributed by atoms with E-state index >= 15 is 0 Å². The van der Waals surface area contributed by atoms with Crippen LogP contribution >= 0.6 is 0 Å². The van der Waals surface area contributed by atoms with Crippen molar-refractivity contribution in [3.8, 4) is 34.4 Å². The molecule has 0 fully saturated rings. The Hall–Kier alpha value is -4.47. The highest BCUT2D eigenvalue weighted by molar-refractivity contribution is 5.55. The Morgan fingerprint density at radius 2 is 1.70 bits per heavy atom. The first-order valence-electron chi connectivity index (χ1n) is 8.95. The number of rotatable bonds is 5. The Balaban J connectivity index is 1.42. The van der Waals surface area contributed by atoms with Gasteiger partial charge in [0, 0.05) is 30.2 Å². The van der Waals surface area contributed by atoms with E-state index in [1.807, 2.05) is 30.3 Å². The fourth-order valence-corrected chi connectivity index (χ4v) is 2.81. The Labute approximate surface area is 168 Å². The van der Waals surface area contributed by atoms with Crippen LogP contribution in [0.15, 0.2) is 81.1 Å². The van der Waals surface area contributed by atoms with E-state index in [1.165, 1.54) is 16.8 Å². The maximum Gasteiger partial charge on any atom is 0.259 e. The van der Waals surface area contributed by atoms with E-state index in [0.29, 0.717) is 28.8 Å². The molecule has 0 aliphatic heterocycles. The van der Waals surface area contributed by atoms with Gasteiger partial charge in [0.05, 0.1) is 18.3 Å². The van der Waals surface area contributed by atoms with Gasteiger partial charge >= 0.3 is 0 Å². The Morgan fingerprint density at radius 3 is 2.53 bits per heavy atom. The standard InChI is InChI=1S/C20H13N7O3/c28-17-7-6-14(20-24-18(26-30-20)15-10-21-8-9-22-15)11-27(17)12-16-23-19(29-25-16)13-4-2-1-3-5-13/h1-11H,12H2. The summed E-state index contributed by atoms with van der Waals surface area (Å²) in [6.45, 7) is 0.133. The molecule has 5 aromatic rings. The Morgan fingerprint density at radius 1 is 0.867 bits per heavy atom. The van der Waals surface area contributed by atoms with Crippen LogP contribution in [-0.4, -0.2) is 34.8 Å². The van der Waals surface area contributed by atoms with E-state index in [2.05, 4.69) is 30.2 Å². The van der Waals surface area contributed by atoms with Crippen molar-refractivity contribution in [2.75, 3.05) is 0 Å². The maximum atomic E-state index is 12.3. The molecule has 0 N–H and O–H groups in total. The van der Waals surface area contributed by atoms with Crippen molar-refractivity contribution < 1.29 is 9.05 Å². The second-order valence-corrected chi connectivity index (χ2v) is 6.28. The molecule has 0 amide bonds. The molecular formula is C20H13N7O3. The second-order valence-electron chi connectivity index (χ2n) is 6.28. The van der Waals surface area contributed by atoms with Crippen molar-refractivity contribution in [3.05, 3.63) is 83.4 Å². The van der Waals surface area contributed by atoms with Crippen molar-refractivity contribution in [1.82, 2.24) is 34.8 Å². The number of hydrogen-bond donors (Lipinski definition) is 0. The van der Waals surface area contributed by atoms with Crippen LogP contribution < -0.4 is 5.56 Å². The molecule has 0 aliphatic carbocycles. The maximum absolute atomic E-state index is 12.3. The summed E-state index contributed by atoms with van der Waals surface area (Å²) < 4.78 is 12.1. The lowest BCUT2D eigenvalue weighted by molar-refractivity contribution is 0.420. The van der Waals surface area contributed by atoms with Gasteiger partial charge in [0.1, 0.15) is 5.69 Å². The molecule has 0 atom stereocenters. The lowest BCUT2D eigenvalue weighted by Gasteiger charge is -2.03. The van der Waals surface area contributed by atoms with Gasteiger partial charge in [0.2, 0.25) is 5.82 Å². The summed E-state index contributed by atoms with van der Waals surface area (Å²) in [5, 5.41) is 7.88. The molecule has 5 rings (SSSR count). The minimum absolute atomic E-state index is 0.133. The first-order chi connectivity index (χ1) is 14.8. The highest BCUT2D eigenvalue weighted by Gasteiger charge is 2.14. The monoisotopic (exact) mass is 399 g/mol. The Kier molecular flexibility index (Phi) is 4.41. The largest absolute Gasteiger partial charge is 0.334 e. The van der Waals surface area contributed by atoms with Crippen LogP contribution in [0.4, 0.5) is 0 Å². The minimum Gasteiger partial charge on any atom is -0.334 e. The SMILES string of the molecule is O=c1ccc(-c2nc(-c3cnccn3)no2)cn1Cc1noc(-c2ccccc2)n1. The molecule has 1 aromatic carbocycles. The van der Waals surface area contributed by atoms with Crippen LogP contribution in [0.25, 0.3) is 34.4 Å². The molecule has 0 radical (unpaired) electrons. The molecule has 10 nitrogen and oxygen atoms in total. The number of aromatic nitrogens is 7. The predicted octanol–water partition coefficient (Wildman–Crippen LogP) is 2.45. The summed E-state index contributed by atoms with van der Waals surface area (Å²) in [5.41, 5.74) is 1.64. The van der Waals surface area contributed by atoms with Gasteiger partial charge < -0.3 is 13.6 Å². The lowest BCUT2D eigenvalue weighted by Crippen LogP contribution is -2.19. The number of pyridine rings is 1. The molecule has 0 bridgehead atoms. The molecule has 146 valence electrons. The smallest absolute Gasteiger partial charge is 0.259 e. The zero-order valence-electron chi connectivity index (χ0n) is 15.4. The van der Waals surface area contributed by atoms with Crippen molar-refractivity contribution in [2.24, 2.45) is 0 Å². The van der Waals surface area contributed by atoms with E-state index in [1.54, 1.807) is 24.7 Å². The van der Waals surface area contributed by atoms with Crippen LogP contribution in [0.1, 0.15) is 5.82 Å². The highest BCUT2D eigenvalue weighted by atomic mass is 16.5. The van der Waals surface area contributed by atoms with Crippen molar-refractivity contribution in [1.29, 1.82) is 0 Å². The summed E-state index contributed by atoms with van der Waals surface area (Å²) in [7, 11) is 0. The fourth-order valence-electron chi connectivity index (χ4n) is 2.81. The van der Waals surface area contributed by atoms with E-state index in [-0.39, 0.29) is 18.0 Å². The molecule has 0 aliphatic rings. The average molecular weight is 399 g/mol. The second kappa shape index (κ2) is 7.51. The first-order valence-corrected chi connectivity index (χ1v) is 8.95. The summed E-state index contributed by atoms with van der Waals surface area (Å²) in [6, 6.07) is 12.4. The normalized spacial score (nSPS) is 10.9. The fraction of sp³-hybridized carbons (Fsp3) is 0.0500. The topological polar surface area (TPSA) is 126 Å². The summed E-state index contributed by atoms with van der Waals surface area (Å²) in [6.07, 6.45) is 6.24. The van der Waals surface area contributed by atoms with Gasteiger partial charge in [0.25, 0.3) is 17.3 Å². The lowest BCUT2D eigenvalue weighted by atomic mass is 10.2. The molecular weight excluding hydrogens is 386 g/mol. The van der Waals surface area contributed by atoms with E-state index < -0.39 is 0 Å². The van der Waals surface area contributed by atoms with E-state index in [0.717, 1.165) is 5.56 Å². The molecule has 4 heterocycles. The third-order valence-corrected chi connectivity index (χ3v) is 4.25. The zero-order chi connectivity index (χ0) is 20.3.